The van der Waals surface area contributed by atoms with Crippen molar-refractivity contribution < 1.29 is 0 Å². The summed E-state index contributed by atoms with van der Waals surface area (Å²) in [5.41, 5.74) is 0. The maximum atomic E-state index is 2.68. The molecule has 1 aromatic carbocycles. The van der Waals surface area contributed by atoms with Gasteiger partial charge < -0.3 is 0 Å². The molecule has 0 spiro atoms. The van der Waals surface area contributed by atoms with Gasteiger partial charge in [-0.3, -0.25) is 0 Å². The largest absolute Gasteiger partial charge is 0.0683 e. The van der Waals surface area contributed by atoms with Gasteiger partial charge in [0.2, 0.25) is 0 Å². The lowest BCUT2D eigenvalue weighted by atomic mass is 9.90. The molecule has 0 aliphatic carbocycles. The van der Waals surface area contributed by atoms with Crippen molar-refractivity contribution in [1.82, 2.24) is 0 Å². The first-order valence-electron chi connectivity index (χ1n) is 18.3. The van der Waals surface area contributed by atoms with Gasteiger partial charge in [0, 0.05) is 0 Å². The van der Waals surface area contributed by atoms with Gasteiger partial charge in [0.05, 0.1) is 0 Å². The first-order valence-corrected chi connectivity index (χ1v) is 21.4. The molecule has 0 radical (unpaired) electrons. The van der Waals surface area contributed by atoms with Crippen LogP contribution in [-0.2, 0) is 0 Å². The third-order valence-electron chi connectivity index (χ3n) is 10.6. The van der Waals surface area contributed by atoms with Crippen molar-refractivity contribution in [2.75, 3.05) is 12.3 Å². The van der Waals surface area contributed by atoms with E-state index < -0.39 is 0 Å². The molecule has 2 saturated heterocycles. The van der Waals surface area contributed by atoms with E-state index in [4.69, 9.17) is 0 Å². The Hall–Kier alpha value is 0.0800. The third-order valence-corrected chi connectivity index (χ3v) is 17.9. The monoisotopic (exact) mass is 586 g/mol. The summed E-state index contributed by atoms with van der Waals surface area (Å²) in [4.78, 5) is 0. The summed E-state index contributed by atoms with van der Waals surface area (Å²) in [5, 5.41) is 5.13. The number of unbranched alkanes of at least 4 members (excludes halogenated alkanes) is 12. The molecule has 0 saturated carbocycles. The predicted molar refractivity (Wildman–Crippen MR) is 188 cm³/mol. The summed E-state index contributed by atoms with van der Waals surface area (Å²) in [6.07, 6.45) is 38.2. The zero-order valence-electron chi connectivity index (χ0n) is 27.6. The van der Waals surface area contributed by atoms with Crippen LogP contribution < -0.4 is 10.6 Å². The van der Waals surface area contributed by atoms with E-state index in [-0.39, 0.29) is 15.8 Å². The van der Waals surface area contributed by atoms with Crippen molar-refractivity contribution in [3.05, 3.63) is 24.3 Å². The van der Waals surface area contributed by atoms with Crippen LogP contribution in [0.4, 0.5) is 0 Å². The van der Waals surface area contributed by atoms with Gasteiger partial charge in [0.1, 0.15) is 0 Å². The second kappa shape index (κ2) is 19.4. The summed E-state index contributed by atoms with van der Waals surface area (Å²) < 4.78 is 0. The minimum Gasteiger partial charge on any atom is -0.0683 e. The molecule has 2 aliphatic heterocycles. The lowest BCUT2D eigenvalue weighted by molar-refractivity contribution is 0.430. The summed E-state index contributed by atoms with van der Waals surface area (Å²) >= 11 is 0. The van der Waals surface area contributed by atoms with Gasteiger partial charge >= 0.3 is 0 Å². The van der Waals surface area contributed by atoms with Gasteiger partial charge in [-0.1, -0.05) is 171 Å². The maximum absolute atomic E-state index is 2.68. The topological polar surface area (TPSA) is 0 Å². The van der Waals surface area contributed by atoms with Gasteiger partial charge in [-0.2, -0.15) is 0 Å². The molecule has 2 heteroatoms. The summed E-state index contributed by atoms with van der Waals surface area (Å²) in [6.45, 7) is 9.50. The van der Waals surface area contributed by atoms with Crippen molar-refractivity contribution >= 4 is 26.5 Å². The van der Waals surface area contributed by atoms with E-state index >= 15 is 0 Å². The van der Waals surface area contributed by atoms with Crippen LogP contribution in [0.5, 0.6) is 0 Å². The fourth-order valence-corrected chi connectivity index (χ4v) is 16.3. The highest BCUT2D eigenvalue weighted by Crippen LogP contribution is 2.66. The van der Waals surface area contributed by atoms with Gasteiger partial charge in [0.25, 0.3) is 0 Å². The van der Waals surface area contributed by atoms with E-state index in [1.807, 2.05) is 10.6 Å². The second-order valence-electron chi connectivity index (χ2n) is 13.7. The fraction of sp³-hybridized carbons (Fsp3) is 0.842. The molecule has 2 unspecified atom stereocenters. The highest BCUT2D eigenvalue weighted by molar-refractivity contribution is 7.73. The molecule has 0 bridgehead atoms. The Labute approximate surface area is 254 Å². The number of hydrogen-bond donors (Lipinski definition) is 0. The first-order chi connectivity index (χ1) is 19.7. The lowest BCUT2D eigenvalue weighted by Gasteiger charge is -2.42. The van der Waals surface area contributed by atoms with Crippen LogP contribution in [0.25, 0.3) is 0 Å². The molecule has 0 nitrogen and oxygen atoms in total. The summed E-state index contributed by atoms with van der Waals surface area (Å²) in [5.74, 6) is 0. The van der Waals surface area contributed by atoms with Crippen LogP contribution in [-0.4, -0.2) is 22.6 Å². The molecule has 2 aliphatic rings. The van der Waals surface area contributed by atoms with E-state index in [2.05, 4.69) is 52.0 Å². The van der Waals surface area contributed by atoms with E-state index in [1.54, 1.807) is 0 Å². The summed E-state index contributed by atoms with van der Waals surface area (Å²) in [7, 11) is -0.0581. The van der Waals surface area contributed by atoms with E-state index in [1.165, 1.54) is 166 Å². The van der Waals surface area contributed by atoms with Crippen molar-refractivity contribution in [3.63, 3.8) is 0 Å². The number of benzene rings is 1. The van der Waals surface area contributed by atoms with Crippen LogP contribution in [0, 0.1) is 0 Å². The Morgan fingerprint density at radius 2 is 0.800 bits per heavy atom. The predicted octanol–water partition coefficient (Wildman–Crippen LogP) is 12.8. The van der Waals surface area contributed by atoms with Gasteiger partial charge in [-0.25, -0.2) is 0 Å². The SMILES string of the molecule is CCCCCCC1(CCCCCC)CCCP1c1ccccc1P1CCCC1(CCCCCC)CCCCCC. The molecular formula is C38H68P2. The molecule has 2 heterocycles. The minimum atomic E-state index is -0.0291. The minimum absolute atomic E-state index is 0.0291. The van der Waals surface area contributed by atoms with Gasteiger partial charge in [-0.05, 0) is 84.6 Å². The van der Waals surface area contributed by atoms with Crippen LogP contribution in [0.1, 0.15) is 182 Å². The quantitative estimate of drug-likeness (QED) is 0.0936. The Balaban J connectivity index is 1.89. The molecule has 2 fully saturated rings. The standard InChI is InChI=1S/C38H68P2/c1-5-9-13-19-27-37(28-20-14-10-6-2)31-23-33-39(37)35-25-17-18-26-36(35)40-34-24-32-38(40,29-21-15-11-7-3)30-22-16-12-8-4/h17-18,25-26H,5-16,19-24,27-34H2,1-4H3. The van der Waals surface area contributed by atoms with E-state index in [0.29, 0.717) is 10.3 Å². The average molecular weight is 587 g/mol. The Morgan fingerprint density at radius 1 is 0.475 bits per heavy atom. The third kappa shape index (κ3) is 9.80. The molecule has 0 N–H and O–H groups in total. The first kappa shape index (κ1) is 34.6. The fourth-order valence-electron chi connectivity index (χ4n) is 8.36. The molecule has 0 aromatic heterocycles. The number of rotatable bonds is 22. The number of hydrogen-bond acceptors (Lipinski definition) is 0. The van der Waals surface area contributed by atoms with Gasteiger partial charge in [0.15, 0.2) is 0 Å². The van der Waals surface area contributed by atoms with Crippen LogP contribution >= 0.6 is 15.8 Å². The highest BCUT2D eigenvalue weighted by Gasteiger charge is 2.47. The Bertz CT molecular complexity index is 696. The van der Waals surface area contributed by atoms with Crippen LogP contribution in [0.2, 0.25) is 0 Å². The molecule has 1 aromatic rings. The molecule has 0 amide bonds. The zero-order chi connectivity index (χ0) is 28.5. The van der Waals surface area contributed by atoms with Crippen molar-refractivity contribution in [2.45, 2.75) is 192 Å². The van der Waals surface area contributed by atoms with Crippen molar-refractivity contribution in [3.8, 4) is 0 Å². The Morgan fingerprint density at radius 3 is 1.10 bits per heavy atom. The van der Waals surface area contributed by atoms with Crippen molar-refractivity contribution in [2.24, 2.45) is 0 Å². The smallest absolute Gasteiger partial charge is 0.00540 e. The second-order valence-corrected chi connectivity index (χ2v) is 19.2. The molecule has 3 rings (SSSR count). The van der Waals surface area contributed by atoms with E-state index in [0.717, 1.165) is 0 Å². The van der Waals surface area contributed by atoms with Crippen LogP contribution in [0.15, 0.2) is 24.3 Å². The van der Waals surface area contributed by atoms with Gasteiger partial charge in [-0.15, -0.1) is 0 Å². The molecule has 40 heavy (non-hydrogen) atoms. The van der Waals surface area contributed by atoms with Crippen LogP contribution in [0.3, 0.4) is 0 Å². The lowest BCUT2D eigenvalue weighted by Crippen LogP contribution is -2.36. The normalized spacial score (nSPS) is 21.8. The Kier molecular flexibility index (Phi) is 16.7. The van der Waals surface area contributed by atoms with E-state index in [9.17, 15) is 0 Å². The van der Waals surface area contributed by atoms with Crippen molar-refractivity contribution in [1.29, 1.82) is 0 Å². The molecule has 2 atom stereocenters. The maximum Gasteiger partial charge on any atom is -0.00540 e. The highest BCUT2D eigenvalue weighted by atomic mass is 31.1. The zero-order valence-corrected chi connectivity index (χ0v) is 29.4. The molecule has 230 valence electrons. The molecular weight excluding hydrogens is 518 g/mol. The average Bonchev–Trinajstić information content (AvgIpc) is 3.59. The summed E-state index contributed by atoms with van der Waals surface area (Å²) in [6, 6.07) is 10.2.